The second-order valence-electron chi connectivity index (χ2n) is 3.86. The van der Waals surface area contributed by atoms with Crippen molar-refractivity contribution < 1.29 is 17.9 Å². The first-order valence-electron chi connectivity index (χ1n) is 4.83. The van der Waals surface area contributed by atoms with Crippen LogP contribution in [0.3, 0.4) is 0 Å². The van der Waals surface area contributed by atoms with Crippen molar-refractivity contribution >= 4 is 16.1 Å². The Labute approximate surface area is 89.0 Å². The SMILES string of the molecule is NC(=O)OCC1CCC(S(N)(=O)=O)CC1. The fourth-order valence-electron chi connectivity index (χ4n) is 1.83. The highest BCUT2D eigenvalue weighted by Gasteiger charge is 2.28. The molecule has 0 unspecified atom stereocenters. The first-order valence-corrected chi connectivity index (χ1v) is 6.44. The second kappa shape index (κ2) is 4.80. The summed E-state index contributed by atoms with van der Waals surface area (Å²) in [7, 11) is -3.41. The molecule has 0 bridgehead atoms. The van der Waals surface area contributed by atoms with Gasteiger partial charge in [0.2, 0.25) is 10.0 Å². The molecule has 0 radical (unpaired) electrons. The minimum Gasteiger partial charge on any atom is -0.449 e. The van der Waals surface area contributed by atoms with E-state index in [9.17, 15) is 13.2 Å². The highest BCUT2D eigenvalue weighted by atomic mass is 32.2. The Morgan fingerprint density at radius 1 is 1.27 bits per heavy atom. The summed E-state index contributed by atoms with van der Waals surface area (Å²) in [6, 6.07) is 0. The molecule has 7 heteroatoms. The molecule has 0 aromatic rings. The lowest BCUT2D eigenvalue weighted by Gasteiger charge is -2.26. The number of hydrogen-bond acceptors (Lipinski definition) is 4. The average Bonchev–Trinajstić information content (AvgIpc) is 2.14. The minimum absolute atomic E-state index is 0.204. The van der Waals surface area contributed by atoms with Crippen molar-refractivity contribution in [1.29, 1.82) is 0 Å². The number of sulfonamides is 1. The van der Waals surface area contributed by atoms with E-state index < -0.39 is 21.4 Å². The van der Waals surface area contributed by atoms with E-state index in [0.717, 1.165) is 0 Å². The molecule has 0 heterocycles. The molecule has 4 N–H and O–H groups in total. The molecule has 0 saturated heterocycles. The number of rotatable bonds is 3. The van der Waals surface area contributed by atoms with E-state index in [1.54, 1.807) is 0 Å². The highest BCUT2D eigenvalue weighted by molar-refractivity contribution is 7.89. The summed E-state index contributed by atoms with van der Waals surface area (Å²) in [5, 5.41) is 4.60. The van der Waals surface area contributed by atoms with E-state index >= 15 is 0 Å². The Balaban J connectivity index is 2.33. The summed E-state index contributed by atoms with van der Waals surface area (Å²) in [5.41, 5.74) is 4.83. The molecular formula is C8H16N2O4S. The van der Waals surface area contributed by atoms with Crippen molar-refractivity contribution in [2.45, 2.75) is 30.9 Å². The fraction of sp³-hybridized carbons (Fsp3) is 0.875. The lowest BCUT2D eigenvalue weighted by atomic mass is 9.89. The van der Waals surface area contributed by atoms with E-state index in [-0.39, 0.29) is 12.5 Å². The Kier molecular flexibility index (Phi) is 3.92. The van der Waals surface area contributed by atoms with E-state index in [4.69, 9.17) is 10.9 Å². The normalized spacial score (nSPS) is 27.3. The van der Waals surface area contributed by atoms with Gasteiger partial charge in [-0.3, -0.25) is 0 Å². The van der Waals surface area contributed by atoms with Crippen molar-refractivity contribution in [3.8, 4) is 0 Å². The molecule has 0 spiro atoms. The first-order chi connectivity index (χ1) is 6.89. The number of ether oxygens (including phenoxy) is 1. The van der Waals surface area contributed by atoms with Crippen LogP contribution in [0, 0.1) is 5.92 Å². The molecule has 1 fully saturated rings. The molecule has 15 heavy (non-hydrogen) atoms. The van der Waals surface area contributed by atoms with Gasteiger partial charge in [-0.1, -0.05) is 0 Å². The van der Waals surface area contributed by atoms with Crippen LogP contribution in [0.2, 0.25) is 0 Å². The van der Waals surface area contributed by atoms with Gasteiger partial charge in [0.25, 0.3) is 0 Å². The largest absolute Gasteiger partial charge is 0.449 e. The van der Waals surface area contributed by atoms with Gasteiger partial charge in [0.15, 0.2) is 0 Å². The zero-order chi connectivity index (χ0) is 11.5. The number of primary sulfonamides is 1. The van der Waals surface area contributed by atoms with Crippen LogP contribution in [0.5, 0.6) is 0 Å². The van der Waals surface area contributed by atoms with Crippen LogP contribution in [-0.4, -0.2) is 26.4 Å². The summed E-state index contributed by atoms with van der Waals surface area (Å²) in [5.74, 6) is 0.204. The van der Waals surface area contributed by atoms with E-state index in [1.165, 1.54) is 0 Å². The maximum Gasteiger partial charge on any atom is 0.404 e. The summed E-state index contributed by atoms with van der Waals surface area (Å²) >= 11 is 0. The summed E-state index contributed by atoms with van der Waals surface area (Å²) in [6.45, 7) is 0.271. The second-order valence-corrected chi connectivity index (χ2v) is 5.71. The summed E-state index contributed by atoms with van der Waals surface area (Å²) < 4.78 is 26.7. The Morgan fingerprint density at radius 2 is 1.80 bits per heavy atom. The Morgan fingerprint density at radius 3 is 2.20 bits per heavy atom. The Hall–Kier alpha value is -0.820. The van der Waals surface area contributed by atoms with Crippen molar-refractivity contribution in [3.05, 3.63) is 0 Å². The predicted octanol–water partition coefficient (Wildman–Crippen LogP) is -0.0710. The molecule has 1 amide bonds. The van der Waals surface area contributed by atoms with Gasteiger partial charge < -0.3 is 10.5 Å². The van der Waals surface area contributed by atoms with Gasteiger partial charge in [0.1, 0.15) is 0 Å². The number of nitrogens with two attached hydrogens (primary N) is 2. The molecule has 1 aliphatic rings. The van der Waals surface area contributed by atoms with Crippen molar-refractivity contribution in [3.63, 3.8) is 0 Å². The number of carbonyl (C=O) groups excluding carboxylic acids is 1. The maximum atomic E-state index is 11.0. The minimum atomic E-state index is -3.41. The molecule has 6 nitrogen and oxygen atoms in total. The lowest BCUT2D eigenvalue weighted by molar-refractivity contribution is 0.125. The van der Waals surface area contributed by atoms with E-state index in [1.807, 2.05) is 0 Å². The number of primary amides is 1. The molecule has 0 aromatic heterocycles. The average molecular weight is 236 g/mol. The van der Waals surface area contributed by atoms with Crippen LogP contribution in [0.25, 0.3) is 0 Å². The fourth-order valence-corrected chi connectivity index (χ4v) is 2.76. The van der Waals surface area contributed by atoms with Crippen LogP contribution < -0.4 is 10.9 Å². The summed E-state index contributed by atoms with van der Waals surface area (Å²) in [6.07, 6.45) is 1.68. The monoisotopic (exact) mass is 236 g/mol. The topological polar surface area (TPSA) is 112 Å². The third-order valence-corrected chi connectivity index (χ3v) is 4.12. The molecule has 0 aliphatic heterocycles. The van der Waals surface area contributed by atoms with E-state index in [2.05, 4.69) is 4.74 Å². The zero-order valence-electron chi connectivity index (χ0n) is 8.39. The first kappa shape index (κ1) is 12.3. The summed E-state index contributed by atoms with van der Waals surface area (Å²) in [4.78, 5) is 10.3. The van der Waals surface area contributed by atoms with Gasteiger partial charge in [-0.05, 0) is 31.6 Å². The van der Waals surface area contributed by atoms with Gasteiger partial charge in [-0.25, -0.2) is 18.4 Å². The molecule has 1 rings (SSSR count). The molecule has 88 valence electrons. The zero-order valence-corrected chi connectivity index (χ0v) is 9.20. The third kappa shape index (κ3) is 4.05. The van der Waals surface area contributed by atoms with E-state index in [0.29, 0.717) is 25.7 Å². The van der Waals surface area contributed by atoms with Crippen LogP contribution in [0.4, 0.5) is 4.79 Å². The van der Waals surface area contributed by atoms with Gasteiger partial charge in [-0.15, -0.1) is 0 Å². The maximum absolute atomic E-state index is 11.0. The van der Waals surface area contributed by atoms with Crippen molar-refractivity contribution in [2.24, 2.45) is 16.8 Å². The number of carbonyl (C=O) groups is 1. The molecule has 1 saturated carbocycles. The van der Waals surface area contributed by atoms with Gasteiger partial charge in [-0.2, -0.15) is 0 Å². The van der Waals surface area contributed by atoms with Crippen molar-refractivity contribution in [2.75, 3.05) is 6.61 Å². The van der Waals surface area contributed by atoms with Crippen LogP contribution in [0.15, 0.2) is 0 Å². The number of amides is 1. The highest BCUT2D eigenvalue weighted by Crippen LogP contribution is 2.27. The third-order valence-electron chi connectivity index (χ3n) is 2.72. The smallest absolute Gasteiger partial charge is 0.404 e. The van der Waals surface area contributed by atoms with Crippen LogP contribution in [0.1, 0.15) is 25.7 Å². The molecule has 0 aromatic carbocycles. The van der Waals surface area contributed by atoms with Gasteiger partial charge >= 0.3 is 6.09 Å². The van der Waals surface area contributed by atoms with Crippen LogP contribution in [-0.2, 0) is 14.8 Å². The molecular weight excluding hydrogens is 220 g/mol. The van der Waals surface area contributed by atoms with Gasteiger partial charge in [0, 0.05) is 0 Å². The van der Waals surface area contributed by atoms with Gasteiger partial charge in [0.05, 0.1) is 11.9 Å². The molecule has 1 aliphatic carbocycles. The van der Waals surface area contributed by atoms with Crippen molar-refractivity contribution in [1.82, 2.24) is 0 Å². The Bertz CT molecular complexity index is 320. The molecule has 0 atom stereocenters. The quantitative estimate of drug-likeness (QED) is 0.714. The predicted molar refractivity (Wildman–Crippen MR) is 54.4 cm³/mol. The van der Waals surface area contributed by atoms with Crippen LogP contribution >= 0.6 is 0 Å². The lowest BCUT2D eigenvalue weighted by Crippen LogP contribution is -2.33. The standard InChI is InChI=1S/C8H16N2O4S/c9-8(11)14-5-6-1-3-7(4-2-6)15(10,12)13/h6-7H,1-5H2,(H2,9,11)(H2,10,12,13). The number of hydrogen-bond donors (Lipinski definition) is 2.